The van der Waals surface area contributed by atoms with Gasteiger partial charge in [0.1, 0.15) is 0 Å². The van der Waals surface area contributed by atoms with Gasteiger partial charge in [-0.05, 0) is 23.8 Å². The number of carbonyl (C=O) groups excluding carboxylic acids is 1. The number of hydrogen-bond donors (Lipinski definition) is 0. The summed E-state index contributed by atoms with van der Waals surface area (Å²) in [5.41, 5.74) is 1.72. The highest BCUT2D eigenvalue weighted by atomic mass is 79.9. The van der Waals surface area contributed by atoms with E-state index < -0.39 is 0 Å². The fraction of sp³-hybridized carbons (Fsp3) is 0.167. The lowest BCUT2D eigenvalue weighted by Gasteiger charge is -2.06. The van der Waals surface area contributed by atoms with Crippen molar-refractivity contribution in [1.82, 2.24) is 4.98 Å². The van der Waals surface area contributed by atoms with Gasteiger partial charge in [-0.15, -0.1) is 0 Å². The van der Waals surface area contributed by atoms with Gasteiger partial charge in [-0.2, -0.15) is 0 Å². The number of pyridine rings is 1. The minimum Gasteiger partial charge on any atom is -0.468 e. The Morgan fingerprint density at radius 1 is 1.47 bits per heavy atom. The van der Waals surface area contributed by atoms with E-state index in [1.807, 2.05) is 18.2 Å². The van der Waals surface area contributed by atoms with Crippen LogP contribution in [0, 0.1) is 0 Å². The molecule has 2 rings (SSSR count). The fourth-order valence-electron chi connectivity index (χ4n) is 1.57. The van der Waals surface area contributed by atoms with E-state index in [9.17, 15) is 4.79 Å². The van der Waals surface area contributed by atoms with E-state index in [2.05, 4.69) is 25.7 Å². The Hall–Kier alpha value is -1.13. The Bertz CT molecular complexity index is 559. The number of fused-ring (bicyclic) bond motifs is 1. The van der Waals surface area contributed by atoms with Gasteiger partial charge in [-0.25, -0.2) is 0 Å². The summed E-state index contributed by atoms with van der Waals surface area (Å²) in [6.45, 7) is 0.739. The molecule has 0 amide bonds. The molecule has 17 heavy (non-hydrogen) atoms. The SMILES string of the molecule is O=COCCc1cnc2ccc(Br)cc2c1Cl. The highest BCUT2D eigenvalue weighted by Gasteiger charge is 2.07. The third-order valence-corrected chi connectivity index (χ3v) is 3.33. The molecule has 3 nitrogen and oxygen atoms in total. The van der Waals surface area contributed by atoms with Crippen LogP contribution in [0.15, 0.2) is 28.9 Å². The molecule has 0 aliphatic carbocycles. The summed E-state index contributed by atoms with van der Waals surface area (Å²) in [6.07, 6.45) is 2.28. The zero-order valence-electron chi connectivity index (χ0n) is 8.82. The van der Waals surface area contributed by atoms with Crippen molar-refractivity contribution < 1.29 is 9.53 Å². The molecule has 1 heterocycles. The number of aromatic nitrogens is 1. The minimum atomic E-state index is 0.310. The van der Waals surface area contributed by atoms with Gasteiger partial charge in [0, 0.05) is 22.5 Å². The van der Waals surface area contributed by atoms with Crippen LogP contribution >= 0.6 is 27.5 Å². The Kier molecular flexibility index (Phi) is 3.97. The standard InChI is InChI=1S/C12H9BrClNO2/c13-9-1-2-11-10(5-9)12(14)8(6-15-11)3-4-17-7-16/h1-2,5-7H,3-4H2. The highest BCUT2D eigenvalue weighted by molar-refractivity contribution is 9.10. The molecule has 0 N–H and O–H groups in total. The lowest BCUT2D eigenvalue weighted by Crippen LogP contribution is -1.98. The van der Waals surface area contributed by atoms with Crippen molar-refractivity contribution in [3.8, 4) is 0 Å². The zero-order valence-corrected chi connectivity index (χ0v) is 11.2. The molecule has 2 aromatic rings. The maximum atomic E-state index is 10.1. The number of nitrogens with zero attached hydrogens (tertiary/aromatic N) is 1. The van der Waals surface area contributed by atoms with Crippen LogP contribution in [0.1, 0.15) is 5.56 Å². The van der Waals surface area contributed by atoms with Crippen LogP contribution in [-0.2, 0) is 16.0 Å². The van der Waals surface area contributed by atoms with Crippen LogP contribution in [0.5, 0.6) is 0 Å². The Morgan fingerprint density at radius 3 is 3.06 bits per heavy atom. The first kappa shape index (κ1) is 12.3. The van der Waals surface area contributed by atoms with Crippen molar-refractivity contribution in [3.63, 3.8) is 0 Å². The molecule has 0 saturated carbocycles. The molecule has 0 aliphatic rings. The lowest BCUT2D eigenvalue weighted by atomic mass is 10.1. The molecular formula is C12H9BrClNO2. The summed E-state index contributed by atoms with van der Waals surface area (Å²) < 4.78 is 5.61. The largest absolute Gasteiger partial charge is 0.468 e. The summed E-state index contributed by atoms with van der Waals surface area (Å²) in [7, 11) is 0. The van der Waals surface area contributed by atoms with Crippen molar-refractivity contribution in [3.05, 3.63) is 39.5 Å². The van der Waals surface area contributed by atoms with E-state index in [0.717, 1.165) is 20.9 Å². The molecule has 1 aromatic heterocycles. The van der Waals surface area contributed by atoms with Crippen molar-refractivity contribution in [1.29, 1.82) is 0 Å². The smallest absolute Gasteiger partial charge is 0.293 e. The number of rotatable bonds is 4. The summed E-state index contributed by atoms with van der Waals surface area (Å²) in [6, 6.07) is 5.74. The van der Waals surface area contributed by atoms with Gasteiger partial charge in [0.2, 0.25) is 0 Å². The molecule has 0 bridgehead atoms. The monoisotopic (exact) mass is 313 g/mol. The van der Waals surface area contributed by atoms with Crippen LogP contribution in [0.4, 0.5) is 0 Å². The first-order valence-corrected chi connectivity index (χ1v) is 6.17. The molecule has 0 aliphatic heterocycles. The van der Waals surface area contributed by atoms with Gasteiger partial charge in [0.25, 0.3) is 6.47 Å². The number of halogens is 2. The zero-order chi connectivity index (χ0) is 12.3. The normalized spacial score (nSPS) is 10.5. The second-order valence-corrected chi connectivity index (χ2v) is 4.77. The van der Waals surface area contributed by atoms with Crippen LogP contribution in [0.2, 0.25) is 5.02 Å². The molecule has 0 spiro atoms. The van der Waals surface area contributed by atoms with E-state index in [1.165, 1.54) is 0 Å². The number of ether oxygens (including phenoxy) is 1. The molecule has 5 heteroatoms. The molecule has 0 unspecified atom stereocenters. The van der Waals surface area contributed by atoms with Crippen LogP contribution in [0.25, 0.3) is 10.9 Å². The third kappa shape index (κ3) is 2.76. The molecule has 1 aromatic carbocycles. The average molecular weight is 315 g/mol. The van der Waals surface area contributed by atoms with Crippen LogP contribution < -0.4 is 0 Å². The highest BCUT2D eigenvalue weighted by Crippen LogP contribution is 2.28. The maximum Gasteiger partial charge on any atom is 0.293 e. The Balaban J connectivity index is 2.38. The average Bonchev–Trinajstić information content (AvgIpc) is 2.33. The molecule has 0 radical (unpaired) electrons. The van der Waals surface area contributed by atoms with Gasteiger partial charge in [-0.1, -0.05) is 27.5 Å². The van der Waals surface area contributed by atoms with Gasteiger partial charge in [0.15, 0.2) is 0 Å². The second-order valence-electron chi connectivity index (χ2n) is 3.48. The van der Waals surface area contributed by atoms with Crippen LogP contribution in [-0.4, -0.2) is 18.1 Å². The molecule has 88 valence electrons. The Morgan fingerprint density at radius 2 is 2.29 bits per heavy atom. The fourth-order valence-corrected chi connectivity index (χ4v) is 2.22. The molecule has 0 fully saturated rings. The first-order chi connectivity index (χ1) is 8.22. The number of carbonyl (C=O) groups is 1. The van der Waals surface area contributed by atoms with Crippen LogP contribution in [0.3, 0.4) is 0 Å². The molecule has 0 saturated heterocycles. The van der Waals surface area contributed by atoms with E-state index in [-0.39, 0.29) is 0 Å². The second kappa shape index (κ2) is 5.47. The predicted octanol–water partition coefficient (Wildman–Crippen LogP) is 3.37. The summed E-state index contributed by atoms with van der Waals surface area (Å²) in [5.74, 6) is 0. The number of benzene rings is 1. The lowest BCUT2D eigenvalue weighted by molar-refractivity contribution is -0.128. The summed E-state index contributed by atoms with van der Waals surface area (Å²) >= 11 is 9.69. The van der Waals surface area contributed by atoms with Gasteiger partial charge in [0.05, 0.1) is 17.1 Å². The van der Waals surface area contributed by atoms with Crippen molar-refractivity contribution >= 4 is 44.9 Å². The quantitative estimate of drug-likeness (QED) is 0.641. The third-order valence-electron chi connectivity index (χ3n) is 2.39. The maximum absolute atomic E-state index is 10.1. The summed E-state index contributed by atoms with van der Waals surface area (Å²) in [4.78, 5) is 14.4. The van der Waals surface area contributed by atoms with Gasteiger partial charge >= 0.3 is 0 Å². The Labute approximate surface area is 112 Å². The first-order valence-electron chi connectivity index (χ1n) is 5.00. The van der Waals surface area contributed by atoms with Crippen molar-refractivity contribution in [2.45, 2.75) is 6.42 Å². The van der Waals surface area contributed by atoms with E-state index in [1.54, 1.807) is 6.20 Å². The summed E-state index contributed by atoms with van der Waals surface area (Å²) in [5, 5.41) is 1.55. The van der Waals surface area contributed by atoms with Gasteiger partial charge in [-0.3, -0.25) is 9.78 Å². The van der Waals surface area contributed by atoms with Gasteiger partial charge < -0.3 is 4.74 Å². The predicted molar refractivity (Wildman–Crippen MR) is 70.2 cm³/mol. The van der Waals surface area contributed by atoms with E-state index >= 15 is 0 Å². The van der Waals surface area contributed by atoms with E-state index in [0.29, 0.717) is 24.5 Å². The topological polar surface area (TPSA) is 39.2 Å². The van der Waals surface area contributed by atoms with Crippen molar-refractivity contribution in [2.75, 3.05) is 6.61 Å². The molecular weight excluding hydrogens is 305 g/mol. The number of hydrogen-bond acceptors (Lipinski definition) is 3. The van der Waals surface area contributed by atoms with Crippen molar-refractivity contribution in [2.24, 2.45) is 0 Å². The minimum absolute atomic E-state index is 0.310. The molecule has 0 atom stereocenters. The van der Waals surface area contributed by atoms with E-state index in [4.69, 9.17) is 11.6 Å².